The number of carbonyl (C=O) groups is 1. The van der Waals surface area contributed by atoms with Gasteiger partial charge < -0.3 is 0 Å². The Morgan fingerprint density at radius 3 is 2.50 bits per heavy atom. The van der Waals surface area contributed by atoms with Gasteiger partial charge in [0.15, 0.2) is 5.13 Å². The van der Waals surface area contributed by atoms with E-state index < -0.39 is 0 Å². The molecule has 1 amide bonds. The number of nitrogens with zero attached hydrogens (tertiary/aromatic N) is 1. The van der Waals surface area contributed by atoms with Crippen LogP contribution in [-0.2, 0) is 0 Å². The van der Waals surface area contributed by atoms with Gasteiger partial charge in [-0.2, -0.15) is 0 Å². The minimum absolute atomic E-state index is 0.136. The fourth-order valence-electron chi connectivity index (χ4n) is 2.44. The van der Waals surface area contributed by atoms with Gasteiger partial charge in [-0.1, -0.05) is 56.3 Å². The third kappa shape index (κ3) is 3.71. The molecular formula is C20H20N2OS. The van der Waals surface area contributed by atoms with Crippen LogP contribution in [0.4, 0.5) is 5.13 Å². The molecule has 1 N–H and O–H groups in total. The first-order chi connectivity index (χ1) is 11.7. The van der Waals surface area contributed by atoms with E-state index in [0.717, 1.165) is 17.7 Å². The molecule has 0 aliphatic rings. The molecule has 0 fully saturated rings. The predicted molar refractivity (Wildman–Crippen MR) is 101 cm³/mol. The maximum Gasteiger partial charge on any atom is 0.257 e. The molecule has 1 heterocycles. The number of hydrogen-bond donors (Lipinski definition) is 1. The van der Waals surface area contributed by atoms with Gasteiger partial charge in [-0.15, -0.1) is 11.3 Å². The van der Waals surface area contributed by atoms with Crippen LogP contribution in [0.2, 0.25) is 0 Å². The Morgan fingerprint density at radius 1 is 1.12 bits per heavy atom. The fraction of sp³-hybridized carbons (Fsp3) is 0.200. The zero-order valence-corrected chi connectivity index (χ0v) is 14.6. The van der Waals surface area contributed by atoms with Gasteiger partial charge in [0, 0.05) is 16.5 Å². The van der Waals surface area contributed by atoms with Crippen LogP contribution in [0.3, 0.4) is 0 Å². The summed E-state index contributed by atoms with van der Waals surface area (Å²) in [5.41, 5.74) is 3.93. The lowest BCUT2D eigenvalue weighted by Crippen LogP contribution is -2.11. The highest BCUT2D eigenvalue weighted by Crippen LogP contribution is 2.27. The van der Waals surface area contributed by atoms with E-state index in [0.29, 0.717) is 16.6 Å². The van der Waals surface area contributed by atoms with Gasteiger partial charge >= 0.3 is 0 Å². The summed E-state index contributed by atoms with van der Waals surface area (Å²) >= 11 is 1.44. The van der Waals surface area contributed by atoms with Crippen molar-refractivity contribution in [2.45, 2.75) is 26.2 Å². The quantitative estimate of drug-likeness (QED) is 0.661. The average Bonchev–Trinajstić information content (AvgIpc) is 3.10. The molecule has 3 nitrogen and oxygen atoms in total. The van der Waals surface area contributed by atoms with Gasteiger partial charge in [0.1, 0.15) is 0 Å². The van der Waals surface area contributed by atoms with Gasteiger partial charge in [0.25, 0.3) is 5.91 Å². The van der Waals surface area contributed by atoms with Crippen molar-refractivity contribution in [1.29, 1.82) is 0 Å². The molecule has 0 bridgehead atoms. The Balaban J connectivity index is 1.72. The number of nitrogens with one attached hydrogen (secondary N) is 1. The minimum Gasteiger partial charge on any atom is -0.298 e. The Hall–Kier alpha value is -2.46. The molecule has 0 saturated heterocycles. The van der Waals surface area contributed by atoms with Gasteiger partial charge in [-0.05, 0) is 30.0 Å². The highest BCUT2D eigenvalue weighted by molar-refractivity contribution is 7.14. The van der Waals surface area contributed by atoms with Crippen molar-refractivity contribution in [2.24, 2.45) is 0 Å². The number of benzene rings is 2. The fourth-order valence-corrected chi connectivity index (χ4v) is 3.16. The first-order valence-corrected chi connectivity index (χ1v) is 8.97. The van der Waals surface area contributed by atoms with Crippen molar-refractivity contribution >= 4 is 22.4 Å². The van der Waals surface area contributed by atoms with Gasteiger partial charge in [-0.25, -0.2) is 4.98 Å². The number of carbonyl (C=O) groups excluding carboxylic acids is 1. The summed E-state index contributed by atoms with van der Waals surface area (Å²) in [4.78, 5) is 16.7. The SMILES string of the molecule is CCC(C)c1ccc(-c2csc(NC(=O)c3ccccc3)n2)cc1. The normalized spacial score (nSPS) is 11.9. The number of rotatable bonds is 5. The third-order valence-corrected chi connectivity index (χ3v) is 4.91. The second-order valence-electron chi connectivity index (χ2n) is 5.79. The summed E-state index contributed by atoms with van der Waals surface area (Å²) in [7, 11) is 0. The Bertz CT molecular complexity index is 809. The van der Waals surface area contributed by atoms with Crippen LogP contribution < -0.4 is 5.32 Å². The van der Waals surface area contributed by atoms with Crippen LogP contribution in [0.25, 0.3) is 11.3 Å². The average molecular weight is 336 g/mol. The molecule has 1 aromatic heterocycles. The largest absolute Gasteiger partial charge is 0.298 e. The van der Waals surface area contributed by atoms with Gasteiger partial charge in [-0.3, -0.25) is 10.1 Å². The van der Waals surface area contributed by atoms with E-state index in [2.05, 4.69) is 48.4 Å². The minimum atomic E-state index is -0.136. The molecule has 122 valence electrons. The summed E-state index contributed by atoms with van der Waals surface area (Å²) in [6.07, 6.45) is 1.13. The first kappa shape index (κ1) is 16.4. The molecule has 0 radical (unpaired) electrons. The second kappa shape index (κ2) is 7.41. The Labute approximate surface area is 146 Å². The van der Waals surface area contributed by atoms with Crippen molar-refractivity contribution in [3.8, 4) is 11.3 Å². The topological polar surface area (TPSA) is 42.0 Å². The standard InChI is InChI=1S/C20H20N2OS/c1-3-14(2)15-9-11-16(12-10-15)18-13-24-20(21-18)22-19(23)17-7-5-4-6-8-17/h4-14H,3H2,1-2H3,(H,21,22,23). The van der Waals surface area contributed by atoms with Crippen molar-refractivity contribution in [3.63, 3.8) is 0 Å². The van der Waals surface area contributed by atoms with Crippen molar-refractivity contribution in [1.82, 2.24) is 4.98 Å². The van der Waals surface area contributed by atoms with Gasteiger partial charge in [0.2, 0.25) is 0 Å². The first-order valence-electron chi connectivity index (χ1n) is 8.09. The van der Waals surface area contributed by atoms with Crippen LogP contribution in [0.15, 0.2) is 60.0 Å². The lowest BCUT2D eigenvalue weighted by atomic mass is 9.97. The highest BCUT2D eigenvalue weighted by atomic mass is 32.1. The molecule has 0 aliphatic carbocycles. The number of aromatic nitrogens is 1. The van der Waals surface area contributed by atoms with Crippen LogP contribution in [0.5, 0.6) is 0 Å². The van der Waals surface area contributed by atoms with E-state index >= 15 is 0 Å². The molecule has 4 heteroatoms. The Morgan fingerprint density at radius 2 is 1.83 bits per heavy atom. The highest BCUT2D eigenvalue weighted by Gasteiger charge is 2.10. The molecular weight excluding hydrogens is 316 g/mol. The molecule has 1 unspecified atom stereocenters. The van der Waals surface area contributed by atoms with Crippen molar-refractivity contribution in [3.05, 3.63) is 71.1 Å². The van der Waals surface area contributed by atoms with Crippen LogP contribution in [0, 0.1) is 0 Å². The second-order valence-corrected chi connectivity index (χ2v) is 6.65. The van der Waals surface area contributed by atoms with E-state index in [1.807, 2.05) is 23.6 Å². The summed E-state index contributed by atoms with van der Waals surface area (Å²) in [6.45, 7) is 4.43. The zero-order valence-electron chi connectivity index (χ0n) is 13.8. The van der Waals surface area contributed by atoms with E-state index in [-0.39, 0.29) is 5.91 Å². The molecule has 3 aromatic rings. The molecule has 3 rings (SSSR count). The molecule has 1 atom stereocenters. The summed E-state index contributed by atoms with van der Waals surface area (Å²) in [5, 5.41) is 5.44. The maximum atomic E-state index is 12.2. The predicted octanol–water partition coefficient (Wildman–Crippen LogP) is 5.58. The molecule has 2 aromatic carbocycles. The van der Waals surface area contributed by atoms with Crippen LogP contribution in [-0.4, -0.2) is 10.9 Å². The van der Waals surface area contributed by atoms with Crippen LogP contribution in [0.1, 0.15) is 42.1 Å². The third-order valence-electron chi connectivity index (χ3n) is 4.15. The molecule has 0 spiro atoms. The number of hydrogen-bond acceptors (Lipinski definition) is 3. The van der Waals surface area contributed by atoms with E-state index in [1.165, 1.54) is 16.9 Å². The maximum absolute atomic E-state index is 12.2. The molecule has 24 heavy (non-hydrogen) atoms. The van der Waals surface area contributed by atoms with E-state index in [9.17, 15) is 4.79 Å². The Kier molecular flexibility index (Phi) is 5.06. The number of thiazole rings is 1. The van der Waals surface area contributed by atoms with E-state index in [4.69, 9.17) is 0 Å². The molecule has 0 aliphatic heterocycles. The molecule has 0 saturated carbocycles. The number of anilines is 1. The lowest BCUT2D eigenvalue weighted by molar-refractivity contribution is 0.102. The van der Waals surface area contributed by atoms with Crippen molar-refractivity contribution in [2.75, 3.05) is 5.32 Å². The summed E-state index contributed by atoms with van der Waals surface area (Å²) in [5.74, 6) is 0.429. The summed E-state index contributed by atoms with van der Waals surface area (Å²) in [6, 6.07) is 17.7. The van der Waals surface area contributed by atoms with E-state index in [1.54, 1.807) is 12.1 Å². The smallest absolute Gasteiger partial charge is 0.257 e. The lowest BCUT2D eigenvalue weighted by Gasteiger charge is -2.08. The number of amides is 1. The van der Waals surface area contributed by atoms with Crippen molar-refractivity contribution < 1.29 is 4.79 Å². The van der Waals surface area contributed by atoms with Crippen LogP contribution >= 0.6 is 11.3 Å². The zero-order chi connectivity index (χ0) is 16.9. The van der Waals surface area contributed by atoms with Gasteiger partial charge in [0.05, 0.1) is 5.69 Å². The monoisotopic (exact) mass is 336 g/mol. The summed E-state index contributed by atoms with van der Waals surface area (Å²) < 4.78 is 0.